The van der Waals surface area contributed by atoms with Gasteiger partial charge in [-0.2, -0.15) is 0 Å². The van der Waals surface area contributed by atoms with Gasteiger partial charge < -0.3 is 10.1 Å². The minimum Gasteiger partial charge on any atom is -0.465 e. The maximum Gasteiger partial charge on any atom is 0.326 e. The van der Waals surface area contributed by atoms with E-state index in [-0.39, 0.29) is 18.2 Å². The molecular formula is C14H20FNO2. The Kier molecular flexibility index (Phi) is 5.28. The topological polar surface area (TPSA) is 38.3 Å². The van der Waals surface area contributed by atoms with E-state index < -0.39 is 5.54 Å². The number of esters is 1. The van der Waals surface area contributed by atoms with E-state index in [2.05, 4.69) is 5.32 Å². The van der Waals surface area contributed by atoms with Gasteiger partial charge in [0, 0.05) is 6.42 Å². The lowest BCUT2D eigenvalue weighted by molar-refractivity contribution is -0.150. The zero-order valence-corrected chi connectivity index (χ0v) is 11.1. The average Bonchev–Trinajstić information content (AvgIpc) is 2.33. The smallest absolute Gasteiger partial charge is 0.326 e. The monoisotopic (exact) mass is 253 g/mol. The van der Waals surface area contributed by atoms with Crippen LogP contribution < -0.4 is 5.32 Å². The first-order valence-corrected chi connectivity index (χ1v) is 6.19. The van der Waals surface area contributed by atoms with Crippen molar-refractivity contribution < 1.29 is 13.9 Å². The van der Waals surface area contributed by atoms with E-state index in [4.69, 9.17) is 4.74 Å². The van der Waals surface area contributed by atoms with Gasteiger partial charge in [-0.3, -0.25) is 4.79 Å². The van der Waals surface area contributed by atoms with Crippen LogP contribution in [0.25, 0.3) is 0 Å². The number of benzene rings is 1. The van der Waals surface area contributed by atoms with Gasteiger partial charge in [0.05, 0.1) is 6.61 Å². The zero-order chi connectivity index (χ0) is 13.6. The first-order valence-electron chi connectivity index (χ1n) is 6.19. The first kappa shape index (κ1) is 14.6. The molecule has 0 amide bonds. The standard InChI is InChI=1S/C14H20FNO2/c1-4-16-14(3,13(17)18-5-2)10-11-8-6-7-9-12(11)15/h6-9,16H,4-5,10H2,1-3H3. The molecule has 1 rings (SSSR count). The fourth-order valence-electron chi connectivity index (χ4n) is 1.91. The zero-order valence-electron chi connectivity index (χ0n) is 11.1. The summed E-state index contributed by atoms with van der Waals surface area (Å²) in [5.41, 5.74) is -0.388. The molecule has 4 heteroatoms. The Hall–Kier alpha value is -1.42. The van der Waals surface area contributed by atoms with E-state index >= 15 is 0 Å². The molecule has 1 aromatic rings. The molecule has 0 heterocycles. The number of nitrogens with one attached hydrogen (secondary N) is 1. The van der Waals surface area contributed by atoms with E-state index in [1.807, 2.05) is 6.92 Å². The van der Waals surface area contributed by atoms with Crippen LogP contribution in [0.3, 0.4) is 0 Å². The van der Waals surface area contributed by atoms with Crippen molar-refractivity contribution in [3.63, 3.8) is 0 Å². The van der Waals surface area contributed by atoms with E-state index in [0.29, 0.717) is 18.7 Å². The number of likely N-dealkylation sites (N-methyl/N-ethyl adjacent to an activating group) is 1. The molecule has 0 aliphatic carbocycles. The van der Waals surface area contributed by atoms with Gasteiger partial charge >= 0.3 is 5.97 Å². The van der Waals surface area contributed by atoms with Crippen LogP contribution in [0.15, 0.2) is 24.3 Å². The molecule has 3 nitrogen and oxygen atoms in total. The summed E-state index contributed by atoms with van der Waals surface area (Å²) in [6, 6.07) is 6.47. The van der Waals surface area contributed by atoms with Crippen molar-refractivity contribution in [3.8, 4) is 0 Å². The number of halogens is 1. The molecule has 0 aromatic heterocycles. The molecule has 1 N–H and O–H groups in total. The molecule has 0 spiro atoms. The second-order valence-electron chi connectivity index (χ2n) is 4.35. The van der Waals surface area contributed by atoms with Gasteiger partial charge in [0.2, 0.25) is 0 Å². The molecule has 1 aromatic carbocycles. The molecule has 18 heavy (non-hydrogen) atoms. The van der Waals surface area contributed by atoms with Crippen LogP contribution in [0.2, 0.25) is 0 Å². The normalized spacial score (nSPS) is 14.0. The number of hydrogen-bond acceptors (Lipinski definition) is 3. The highest BCUT2D eigenvalue weighted by Crippen LogP contribution is 2.17. The summed E-state index contributed by atoms with van der Waals surface area (Å²) in [5.74, 6) is -0.652. The second kappa shape index (κ2) is 6.50. The van der Waals surface area contributed by atoms with Crippen molar-refractivity contribution in [1.82, 2.24) is 5.32 Å². The Balaban J connectivity index is 2.92. The molecule has 1 unspecified atom stereocenters. The van der Waals surface area contributed by atoms with Crippen LogP contribution in [0.4, 0.5) is 4.39 Å². The van der Waals surface area contributed by atoms with Crippen molar-refractivity contribution in [3.05, 3.63) is 35.6 Å². The van der Waals surface area contributed by atoms with Gasteiger partial charge in [-0.25, -0.2) is 4.39 Å². The molecule has 0 aliphatic heterocycles. The Morgan fingerprint density at radius 2 is 2.06 bits per heavy atom. The summed E-state index contributed by atoms with van der Waals surface area (Å²) in [6.45, 7) is 6.33. The highest BCUT2D eigenvalue weighted by Gasteiger charge is 2.34. The molecule has 100 valence electrons. The van der Waals surface area contributed by atoms with E-state index in [9.17, 15) is 9.18 Å². The van der Waals surface area contributed by atoms with Crippen LogP contribution in [0.1, 0.15) is 26.3 Å². The fraction of sp³-hybridized carbons (Fsp3) is 0.500. The predicted molar refractivity (Wildman–Crippen MR) is 68.8 cm³/mol. The van der Waals surface area contributed by atoms with Gasteiger partial charge in [0.15, 0.2) is 0 Å². The summed E-state index contributed by atoms with van der Waals surface area (Å²) >= 11 is 0. The number of rotatable bonds is 6. The molecule has 0 saturated heterocycles. The minimum atomic E-state index is -0.896. The van der Waals surface area contributed by atoms with E-state index in [1.54, 1.807) is 32.0 Å². The lowest BCUT2D eigenvalue weighted by Gasteiger charge is -2.28. The average molecular weight is 253 g/mol. The molecule has 0 aliphatic rings. The lowest BCUT2D eigenvalue weighted by Crippen LogP contribution is -2.52. The third-order valence-electron chi connectivity index (χ3n) is 2.79. The third-order valence-corrected chi connectivity index (χ3v) is 2.79. The molecule has 0 radical (unpaired) electrons. The summed E-state index contributed by atoms with van der Waals surface area (Å²) in [5, 5.41) is 3.08. The van der Waals surface area contributed by atoms with Crippen molar-refractivity contribution in [2.24, 2.45) is 0 Å². The van der Waals surface area contributed by atoms with Gasteiger partial charge in [-0.1, -0.05) is 25.1 Å². The maximum absolute atomic E-state index is 13.6. The maximum atomic E-state index is 13.6. The second-order valence-corrected chi connectivity index (χ2v) is 4.35. The molecule has 0 fully saturated rings. The Morgan fingerprint density at radius 3 is 2.61 bits per heavy atom. The van der Waals surface area contributed by atoms with Gasteiger partial charge in [0.25, 0.3) is 0 Å². The minimum absolute atomic E-state index is 0.270. The van der Waals surface area contributed by atoms with Crippen molar-refractivity contribution in [2.75, 3.05) is 13.2 Å². The quantitative estimate of drug-likeness (QED) is 0.791. The number of carbonyl (C=O) groups excluding carboxylic acids is 1. The molecule has 0 saturated carbocycles. The van der Waals surface area contributed by atoms with Crippen LogP contribution in [0.5, 0.6) is 0 Å². The third kappa shape index (κ3) is 3.53. The Bertz CT molecular complexity index is 409. The van der Waals surface area contributed by atoms with Crippen molar-refractivity contribution in [1.29, 1.82) is 0 Å². The number of hydrogen-bond donors (Lipinski definition) is 1. The van der Waals surface area contributed by atoms with Crippen LogP contribution in [0, 0.1) is 5.82 Å². The highest BCUT2D eigenvalue weighted by molar-refractivity contribution is 5.80. The highest BCUT2D eigenvalue weighted by atomic mass is 19.1. The van der Waals surface area contributed by atoms with E-state index in [1.165, 1.54) is 6.07 Å². The molecule has 1 atom stereocenters. The lowest BCUT2D eigenvalue weighted by atomic mass is 9.92. The van der Waals surface area contributed by atoms with Crippen molar-refractivity contribution >= 4 is 5.97 Å². The van der Waals surface area contributed by atoms with Gasteiger partial charge in [0.1, 0.15) is 11.4 Å². The summed E-state index contributed by atoms with van der Waals surface area (Å²) in [7, 11) is 0. The van der Waals surface area contributed by atoms with Gasteiger partial charge in [-0.05, 0) is 32.0 Å². The SMILES string of the molecule is CCNC(C)(Cc1ccccc1F)C(=O)OCC. The largest absolute Gasteiger partial charge is 0.465 e. The number of ether oxygens (including phenoxy) is 1. The van der Waals surface area contributed by atoms with Crippen LogP contribution in [-0.4, -0.2) is 24.7 Å². The summed E-state index contributed by atoms with van der Waals surface area (Å²) < 4.78 is 18.7. The predicted octanol–water partition coefficient (Wildman–Crippen LogP) is 2.30. The molecular weight excluding hydrogens is 233 g/mol. The first-order chi connectivity index (χ1) is 8.53. The Morgan fingerprint density at radius 1 is 1.39 bits per heavy atom. The van der Waals surface area contributed by atoms with Crippen LogP contribution in [-0.2, 0) is 16.0 Å². The number of carbonyl (C=O) groups is 1. The molecule has 0 bridgehead atoms. The summed E-state index contributed by atoms with van der Waals surface area (Å²) in [6.07, 6.45) is 0.270. The fourth-order valence-corrected chi connectivity index (χ4v) is 1.91. The summed E-state index contributed by atoms with van der Waals surface area (Å²) in [4.78, 5) is 12.0. The Labute approximate surface area is 107 Å². The van der Waals surface area contributed by atoms with E-state index in [0.717, 1.165) is 0 Å². The van der Waals surface area contributed by atoms with Crippen LogP contribution >= 0.6 is 0 Å². The van der Waals surface area contributed by atoms with Crippen molar-refractivity contribution in [2.45, 2.75) is 32.7 Å². The van der Waals surface area contributed by atoms with Gasteiger partial charge in [-0.15, -0.1) is 0 Å².